The molecule has 0 saturated carbocycles. The Hall–Kier alpha value is -0.920. The van der Waals surface area contributed by atoms with Crippen LogP contribution in [0.4, 0.5) is 4.39 Å². The minimum absolute atomic E-state index is 0.620. The van der Waals surface area contributed by atoms with E-state index in [1.165, 1.54) is 13.8 Å². The largest absolute Gasteiger partial charge is 0.264 e. The van der Waals surface area contributed by atoms with E-state index < -0.39 is 5.67 Å². The lowest BCUT2D eigenvalue weighted by atomic mass is 10.0. The summed E-state index contributed by atoms with van der Waals surface area (Å²) in [5.74, 6) is 0. The first kappa shape index (κ1) is 7.19. The van der Waals surface area contributed by atoms with Gasteiger partial charge in [-0.3, -0.25) is 4.98 Å². The quantitative estimate of drug-likeness (QED) is 0.581. The van der Waals surface area contributed by atoms with Crippen LogP contribution >= 0.6 is 0 Å². The Kier molecular flexibility index (Phi) is 1.70. The lowest BCUT2D eigenvalue weighted by molar-refractivity contribution is 0.221. The Labute approximate surface area is 59.9 Å². The molecule has 1 nitrogen and oxygen atoms in total. The average molecular weight is 139 g/mol. The summed E-state index contributed by atoms with van der Waals surface area (Å²) >= 11 is 0. The molecule has 0 N–H and O–H groups in total. The van der Waals surface area contributed by atoms with Crippen LogP contribution in [-0.4, -0.2) is 4.98 Å². The van der Waals surface area contributed by atoms with Gasteiger partial charge in [-0.2, -0.15) is 0 Å². The fraction of sp³-hybridized carbons (Fsp3) is 0.375. The average Bonchev–Trinajstić information content (AvgIpc) is 1.88. The molecular formula is C8H10FN. The first-order chi connectivity index (χ1) is 4.61. The molecule has 1 aromatic heterocycles. The van der Waals surface area contributed by atoms with E-state index >= 15 is 0 Å². The molecule has 0 aromatic carbocycles. The monoisotopic (exact) mass is 139 g/mol. The van der Waals surface area contributed by atoms with E-state index in [2.05, 4.69) is 4.98 Å². The summed E-state index contributed by atoms with van der Waals surface area (Å²) in [4.78, 5) is 3.81. The minimum Gasteiger partial charge on any atom is -0.264 e. The number of aromatic nitrogens is 1. The minimum atomic E-state index is -1.27. The van der Waals surface area contributed by atoms with Crippen molar-refractivity contribution in [1.29, 1.82) is 0 Å². The summed E-state index contributed by atoms with van der Waals surface area (Å²) in [7, 11) is 0. The second-order valence-electron chi connectivity index (χ2n) is 2.71. The molecule has 1 rings (SSSR count). The van der Waals surface area contributed by atoms with Gasteiger partial charge in [-0.15, -0.1) is 0 Å². The van der Waals surface area contributed by atoms with E-state index in [9.17, 15) is 4.39 Å². The van der Waals surface area contributed by atoms with E-state index in [4.69, 9.17) is 0 Å². The topological polar surface area (TPSA) is 12.9 Å². The van der Waals surface area contributed by atoms with Crippen molar-refractivity contribution in [2.75, 3.05) is 0 Å². The van der Waals surface area contributed by atoms with Gasteiger partial charge in [0.1, 0.15) is 5.67 Å². The Bertz CT molecular complexity index is 200. The van der Waals surface area contributed by atoms with E-state index in [0.717, 1.165) is 0 Å². The summed E-state index contributed by atoms with van der Waals surface area (Å²) < 4.78 is 13.1. The van der Waals surface area contributed by atoms with Crippen LogP contribution in [0.1, 0.15) is 19.4 Å². The summed E-state index contributed by atoms with van der Waals surface area (Å²) in [5.41, 5.74) is -0.649. The molecule has 0 unspecified atom stereocenters. The van der Waals surface area contributed by atoms with Crippen molar-refractivity contribution in [2.45, 2.75) is 19.5 Å². The molecule has 54 valence electrons. The summed E-state index contributed by atoms with van der Waals surface area (Å²) in [6.07, 6.45) is 3.18. The Morgan fingerprint density at radius 2 is 2.20 bits per heavy atom. The molecule has 0 bridgehead atoms. The third kappa shape index (κ3) is 1.53. The fourth-order valence-electron chi connectivity index (χ4n) is 0.714. The van der Waals surface area contributed by atoms with Crippen LogP contribution in [0.25, 0.3) is 0 Å². The highest BCUT2D eigenvalue weighted by Crippen LogP contribution is 2.22. The van der Waals surface area contributed by atoms with Crippen molar-refractivity contribution < 1.29 is 4.39 Å². The van der Waals surface area contributed by atoms with Crippen molar-refractivity contribution >= 4 is 0 Å². The van der Waals surface area contributed by atoms with Crippen LogP contribution in [0, 0.1) is 0 Å². The molecule has 1 heterocycles. The van der Waals surface area contributed by atoms with Gasteiger partial charge in [0.15, 0.2) is 0 Å². The Balaban J connectivity index is 2.97. The molecule has 10 heavy (non-hydrogen) atoms. The van der Waals surface area contributed by atoms with Crippen LogP contribution in [0.2, 0.25) is 0 Å². The van der Waals surface area contributed by atoms with Crippen LogP contribution in [0.15, 0.2) is 24.5 Å². The predicted molar refractivity (Wildman–Crippen MR) is 38.4 cm³/mol. The van der Waals surface area contributed by atoms with Crippen LogP contribution < -0.4 is 0 Å². The fourth-order valence-corrected chi connectivity index (χ4v) is 0.714. The molecule has 0 aliphatic rings. The molecule has 0 radical (unpaired) electrons. The highest BCUT2D eigenvalue weighted by molar-refractivity contribution is 5.15. The molecule has 0 amide bonds. The molecule has 0 saturated heterocycles. The second-order valence-corrected chi connectivity index (χ2v) is 2.71. The molecule has 2 heteroatoms. The highest BCUT2D eigenvalue weighted by atomic mass is 19.1. The second kappa shape index (κ2) is 2.37. The van der Waals surface area contributed by atoms with Crippen LogP contribution in [-0.2, 0) is 5.67 Å². The van der Waals surface area contributed by atoms with E-state index in [1.54, 1.807) is 24.5 Å². The molecule has 0 atom stereocenters. The van der Waals surface area contributed by atoms with Crippen LogP contribution in [0.5, 0.6) is 0 Å². The number of rotatable bonds is 1. The van der Waals surface area contributed by atoms with Gasteiger partial charge in [0.25, 0.3) is 0 Å². The molecule has 0 aliphatic carbocycles. The summed E-state index contributed by atoms with van der Waals surface area (Å²) in [6, 6.07) is 3.46. The van der Waals surface area contributed by atoms with Gasteiger partial charge < -0.3 is 0 Å². The van der Waals surface area contributed by atoms with Crippen molar-refractivity contribution in [1.82, 2.24) is 4.98 Å². The lowest BCUT2D eigenvalue weighted by Gasteiger charge is -2.12. The van der Waals surface area contributed by atoms with Gasteiger partial charge >= 0.3 is 0 Å². The standard InChI is InChI=1S/C8H10FN/c1-8(2,9)7-4-3-5-10-6-7/h3-6H,1-2H3. The predicted octanol–water partition coefficient (Wildman–Crippen LogP) is 2.29. The number of alkyl halides is 1. The van der Waals surface area contributed by atoms with Gasteiger partial charge in [0.05, 0.1) is 0 Å². The number of nitrogens with zero attached hydrogens (tertiary/aromatic N) is 1. The first-order valence-corrected chi connectivity index (χ1v) is 3.20. The smallest absolute Gasteiger partial charge is 0.131 e. The van der Waals surface area contributed by atoms with E-state index in [1.807, 2.05) is 0 Å². The summed E-state index contributed by atoms with van der Waals surface area (Å²) in [6.45, 7) is 3.04. The third-order valence-electron chi connectivity index (χ3n) is 1.35. The molecule has 0 fully saturated rings. The number of hydrogen-bond donors (Lipinski definition) is 0. The van der Waals surface area contributed by atoms with Crippen molar-refractivity contribution in [3.63, 3.8) is 0 Å². The number of hydrogen-bond acceptors (Lipinski definition) is 1. The van der Waals surface area contributed by atoms with E-state index in [-0.39, 0.29) is 0 Å². The van der Waals surface area contributed by atoms with Gasteiger partial charge in [-0.05, 0) is 19.9 Å². The maximum atomic E-state index is 13.1. The third-order valence-corrected chi connectivity index (χ3v) is 1.35. The maximum absolute atomic E-state index is 13.1. The molecular weight excluding hydrogens is 129 g/mol. The van der Waals surface area contributed by atoms with Gasteiger partial charge in [-0.25, -0.2) is 4.39 Å². The Morgan fingerprint density at radius 3 is 2.50 bits per heavy atom. The summed E-state index contributed by atoms with van der Waals surface area (Å²) in [5, 5.41) is 0. The molecule has 1 aromatic rings. The zero-order chi connectivity index (χ0) is 7.61. The number of halogens is 1. The SMILES string of the molecule is CC(C)(F)c1cccnc1. The van der Waals surface area contributed by atoms with Crippen molar-refractivity contribution in [2.24, 2.45) is 0 Å². The Morgan fingerprint density at radius 1 is 1.50 bits per heavy atom. The number of pyridine rings is 1. The zero-order valence-corrected chi connectivity index (χ0v) is 6.13. The zero-order valence-electron chi connectivity index (χ0n) is 6.13. The first-order valence-electron chi connectivity index (χ1n) is 3.20. The van der Waals surface area contributed by atoms with Gasteiger partial charge in [0, 0.05) is 18.0 Å². The molecule has 0 aliphatic heterocycles. The maximum Gasteiger partial charge on any atom is 0.131 e. The van der Waals surface area contributed by atoms with E-state index in [0.29, 0.717) is 5.56 Å². The van der Waals surface area contributed by atoms with Crippen LogP contribution in [0.3, 0.4) is 0 Å². The van der Waals surface area contributed by atoms with Gasteiger partial charge in [0.2, 0.25) is 0 Å². The van der Waals surface area contributed by atoms with Crippen molar-refractivity contribution in [3.05, 3.63) is 30.1 Å². The lowest BCUT2D eigenvalue weighted by Crippen LogP contribution is -2.08. The van der Waals surface area contributed by atoms with Gasteiger partial charge in [-0.1, -0.05) is 6.07 Å². The normalized spacial score (nSPS) is 11.5. The van der Waals surface area contributed by atoms with Crippen molar-refractivity contribution in [3.8, 4) is 0 Å². The highest BCUT2D eigenvalue weighted by Gasteiger charge is 2.17. The molecule has 0 spiro atoms.